The predicted molar refractivity (Wildman–Crippen MR) is 60.9 cm³/mol. The summed E-state index contributed by atoms with van der Waals surface area (Å²) in [4.78, 5) is 15.8. The minimum absolute atomic E-state index is 0.0217. The summed E-state index contributed by atoms with van der Waals surface area (Å²) in [6.07, 6.45) is 3.46. The standard InChI is InChI=1S/C10H15N3OS/c1-7-6-15-9(12-7)13-8(14)5-10(11)3-2-4-10/h6H,2-5,11H2,1H3,(H,12,13,14). The van der Waals surface area contributed by atoms with Gasteiger partial charge in [-0.05, 0) is 26.2 Å². The number of aryl methyl sites for hydroxylation is 1. The molecule has 0 aromatic carbocycles. The molecule has 1 heterocycles. The van der Waals surface area contributed by atoms with Gasteiger partial charge in [-0.3, -0.25) is 4.79 Å². The second kappa shape index (κ2) is 3.90. The Labute approximate surface area is 92.9 Å². The van der Waals surface area contributed by atoms with Crippen molar-refractivity contribution in [3.8, 4) is 0 Å². The van der Waals surface area contributed by atoms with Crippen molar-refractivity contribution in [2.75, 3.05) is 5.32 Å². The van der Waals surface area contributed by atoms with Gasteiger partial charge in [-0.2, -0.15) is 0 Å². The van der Waals surface area contributed by atoms with Crippen LogP contribution >= 0.6 is 11.3 Å². The number of rotatable bonds is 3. The van der Waals surface area contributed by atoms with Crippen LogP contribution in [0.4, 0.5) is 5.13 Å². The molecule has 0 radical (unpaired) electrons. The minimum Gasteiger partial charge on any atom is -0.325 e. The number of hydrogen-bond donors (Lipinski definition) is 2. The summed E-state index contributed by atoms with van der Waals surface area (Å²) in [5.74, 6) is -0.0217. The highest BCUT2D eigenvalue weighted by molar-refractivity contribution is 7.13. The Bertz CT molecular complexity index is 370. The number of nitrogens with two attached hydrogens (primary N) is 1. The number of thiazole rings is 1. The van der Waals surface area contributed by atoms with Crippen LogP contribution < -0.4 is 11.1 Å². The fourth-order valence-electron chi connectivity index (χ4n) is 1.70. The van der Waals surface area contributed by atoms with Gasteiger partial charge >= 0.3 is 0 Å². The van der Waals surface area contributed by atoms with E-state index in [1.165, 1.54) is 11.3 Å². The van der Waals surface area contributed by atoms with E-state index in [0.717, 1.165) is 25.0 Å². The molecule has 0 unspecified atom stereocenters. The van der Waals surface area contributed by atoms with E-state index in [1.54, 1.807) is 0 Å². The molecule has 0 aliphatic heterocycles. The molecule has 0 atom stereocenters. The van der Waals surface area contributed by atoms with Crippen LogP contribution in [0.5, 0.6) is 0 Å². The number of carbonyl (C=O) groups is 1. The number of amides is 1. The molecular formula is C10H15N3OS. The highest BCUT2D eigenvalue weighted by atomic mass is 32.1. The molecule has 1 saturated carbocycles. The van der Waals surface area contributed by atoms with Gasteiger partial charge in [0, 0.05) is 17.3 Å². The first-order chi connectivity index (χ1) is 7.07. The molecule has 4 nitrogen and oxygen atoms in total. The summed E-state index contributed by atoms with van der Waals surface area (Å²) in [5.41, 5.74) is 6.66. The maximum Gasteiger partial charge on any atom is 0.228 e. The van der Waals surface area contributed by atoms with Crippen LogP contribution in [0.15, 0.2) is 5.38 Å². The Hall–Kier alpha value is -0.940. The van der Waals surface area contributed by atoms with Crippen molar-refractivity contribution in [2.24, 2.45) is 5.73 Å². The highest BCUT2D eigenvalue weighted by Crippen LogP contribution is 2.32. The van der Waals surface area contributed by atoms with Gasteiger partial charge in [-0.25, -0.2) is 4.98 Å². The van der Waals surface area contributed by atoms with Gasteiger partial charge in [0.2, 0.25) is 5.91 Å². The largest absolute Gasteiger partial charge is 0.325 e. The topological polar surface area (TPSA) is 68.0 Å². The molecule has 5 heteroatoms. The molecule has 2 rings (SSSR count). The molecule has 0 saturated heterocycles. The number of aromatic nitrogens is 1. The van der Waals surface area contributed by atoms with Gasteiger partial charge in [0.15, 0.2) is 5.13 Å². The Balaban J connectivity index is 1.87. The molecule has 0 spiro atoms. The van der Waals surface area contributed by atoms with E-state index in [9.17, 15) is 4.79 Å². The van der Waals surface area contributed by atoms with E-state index in [2.05, 4.69) is 10.3 Å². The molecular weight excluding hydrogens is 210 g/mol. The van der Waals surface area contributed by atoms with Crippen molar-refractivity contribution < 1.29 is 4.79 Å². The highest BCUT2D eigenvalue weighted by Gasteiger charge is 2.34. The van der Waals surface area contributed by atoms with E-state index in [0.29, 0.717) is 11.6 Å². The van der Waals surface area contributed by atoms with Gasteiger partial charge < -0.3 is 11.1 Å². The summed E-state index contributed by atoms with van der Waals surface area (Å²) < 4.78 is 0. The lowest BCUT2D eigenvalue weighted by Crippen LogP contribution is -2.48. The lowest BCUT2D eigenvalue weighted by atomic mass is 9.75. The lowest BCUT2D eigenvalue weighted by Gasteiger charge is -2.37. The normalized spacial score (nSPS) is 18.3. The molecule has 1 fully saturated rings. The second-order valence-corrected chi connectivity index (χ2v) is 5.09. The average molecular weight is 225 g/mol. The van der Waals surface area contributed by atoms with Gasteiger partial charge in [0.1, 0.15) is 0 Å². The number of anilines is 1. The van der Waals surface area contributed by atoms with Gasteiger partial charge in [0.25, 0.3) is 0 Å². The molecule has 1 aromatic heterocycles. The van der Waals surface area contributed by atoms with E-state index < -0.39 is 0 Å². The minimum atomic E-state index is -0.254. The molecule has 3 N–H and O–H groups in total. The average Bonchev–Trinajstić information content (AvgIpc) is 2.48. The summed E-state index contributed by atoms with van der Waals surface area (Å²) >= 11 is 1.45. The number of carbonyl (C=O) groups excluding carboxylic acids is 1. The Morgan fingerprint density at radius 3 is 2.93 bits per heavy atom. The zero-order valence-corrected chi connectivity index (χ0v) is 9.56. The summed E-state index contributed by atoms with van der Waals surface area (Å²) in [5, 5.41) is 5.36. The van der Waals surface area contributed by atoms with Crippen LogP contribution in [-0.4, -0.2) is 16.4 Å². The molecule has 1 aromatic rings. The van der Waals surface area contributed by atoms with Crippen LogP contribution in [0.3, 0.4) is 0 Å². The van der Waals surface area contributed by atoms with Crippen LogP contribution in [-0.2, 0) is 4.79 Å². The van der Waals surface area contributed by atoms with Crippen molar-refractivity contribution in [3.63, 3.8) is 0 Å². The first-order valence-corrected chi connectivity index (χ1v) is 5.96. The number of nitrogens with zero attached hydrogens (tertiary/aromatic N) is 1. The molecule has 0 bridgehead atoms. The fourth-order valence-corrected chi connectivity index (χ4v) is 2.41. The third-order valence-electron chi connectivity index (χ3n) is 2.73. The molecule has 1 aliphatic carbocycles. The SMILES string of the molecule is Cc1csc(NC(=O)CC2(N)CCC2)n1. The number of hydrogen-bond acceptors (Lipinski definition) is 4. The number of nitrogens with one attached hydrogen (secondary N) is 1. The van der Waals surface area contributed by atoms with E-state index >= 15 is 0 Å². The monoisotopic (exact) mass is 225 g/mol. The van der Waals surface area contributed by atoms with Crippen molar-refractivity contribution in [3.05, 3.63) is 11.1 Å². The van der Waals surface area contributed by atoms with Crippen molar-refractivity contribution >= 4 is 22.4 Å². The second-order valence-electron chi connectivity index (χ2n) is 4.23. The zero-order chi connectivity index (χ0) is 10.9. The maximum atomic E-state index is 11.6. The van der Waals surface area contributed by atoms with Crippen molar-refractivity contribution in [1.29, 1.82) is 0 Å². The Morgan fingerprint density at radius 2 is 2.47 bits per heavy atom. The van der Waals surface area contributed by atoms with Crippen LogP contribution in [0, 0.1) is 6.92 Å². The van der Waals surface area contributed by atoms with Crippen molar-refractivity contribution in [2.45, 2.75) is 38.1 Å². The van der Waals surface area contributed by atoms with E-state index in [1.807, 2.05) is 12.3 Å². The zero-order valence-electron chi connectivity index (χ0n) is 8.75. The van der Waals surface area contributed by atoms with Crippen LogP contribution in [0.25, 0.3) is 0 Å². The molecule has 82 valence electrons. The third-order valence-corrected chi connectivity index (χ3v) is 3.60. The van der Waals surface area contributed by atoms with Crippen molar-refractivity contribution in [1.82, 2.24) is 4.98 Å². The molecule has 1 amide bonds. The smallest absolute Gasteiger partial charge is 0.228 e. The Morgan fingerprint density at radius 1 is 1.73 bits per heavy atom. The lowest BCUT2D eigenvalue weighted by molar-refractivity contribution is -0.118. The van der Waals surface area contributed by atoms with Gasteiger partial charge in [-0.1, -0.05) is 0 Å². The summed E-state index contributed by atoms with van der Waals surface area (Å²) in [6.45, 7) is 1.91. The predicted octanol–water partition coefficient (Wildman–Crippen LogP) is 1.66. The maximum absolute atomic E-state index is 11.6. The van der Waals surface area contributed by atoms with E-state index in [-0.39, 0.29) is 11.4 Å². The quantitative estimate of drug-likeness (QED) is 0.822. The summed E-state index contributed by atoms with van der Waals surface area (Å²) in [6, 6.07) is 0. The van der Waals surface area contributed by atoms with Crippen LogP contribution in [0.2, 0.25) is 0 Å². The van der Waals surface area contributed by atoms with Gasteiger partial charge in [-0.15, -0.1) is 11.3 Å². The van der Waals surface area contributed by atoms with Gasteiger partial charge in [0.05, 0.1) is 5.69 Å². The van der Waals surface area contributed by atoms with E-state index in [4.69, 9.17) is 5.73 Å². The van der Waals surface area contributed by atoms with Crippen LogP contribution in [0.1, 0.15) is 31.4 Å². The molecule has 1 aliphatic rings. The fraction of sp³-hybridized carbons (Fsp3) is 0.600. The third kappa shape index (κ3) is 2.54. The molecule has 15 heavy (non-hydrogen) atoms. The Kier molecular flexibility index (Phi) is 2.75. The first-order valence-electron chi connectivity index (χ1n) is 5.08. The first kappa shape index (κ1) is 10.6. The summed E-state index contributed by atoms with van der Waals surface area (Å²) in [7, 11) is 0.